The molecule has 1 fully saturated rings. The van der Waals surface area contributed by atoms with E-state index < -0.39 is 17.2 Å². The van der Waals surface area contributed by atoms with Crippen molar-refractivity contribution in [1.82, 2.24) is 4.98 Å². The van der Waals surface area contributed by atoms with Crippen molar-refractivity contribution in [3.05, 3.63) is 41.1 Å². The van der Waals surface area contributed by atoms with Crippen molar-refractivity contribution < 1.29 is 13.2 Å². The number of hydrogen-bond donors (Lipinski definition) is 1. The van der Waals surface area contributed by atoms with E-state index in [2.05, 4.69) is 16.4 Å². The normalized spacial score (nSPS) is 21.2. The van der Waals surface area contributed by atoms with Crippen LogP contribution in [0.4, 0.5) is 24.7 Å². The van der Waals surface area contributed by atoms with E-state index in [0.29, 0.717) is 11.5 Å². The lowest BCUT2D eigenvalue weighted by Crippen LogP contribution is -2.41. The van der Waals surface area contributed by atoms with Gasteiger partial charge in [-0.05, 0) is 36.8 Å². The molecule has 1 saturated carbocycles. The standard InChI is InChI=1S/C18H19F3N4S/c1-3-26-14-5-4-8-25(15(14)17(11-22)6-7-17)13-9-12(18(19,20)21)10-24-16(13)23-2/h4-5,8-10,15H,3,6-7H2,1-2H3,(H,23,24). The van der Waals surface area contributed by atoms with Gasteiger partial charge in [0.2, 0.25) is 0 Å². The van der Waals surface area contributed by atoms with Crippen molar-refractivity contribution >= 4 is 23.3 Å². The maximum Gasteiger partial charge on any atom is 0.417 e. The molecule has 1 atom stereocenters. The number of rotatable bonds is 5. The second-order valence-corrected chi connectivity index (χ2v) is 7.60. The third-order valence-electron chi connectivity index (χ3n) is 4.61. The van der Waals surface area contributed by atoms with Gasteiger partial charge in [0.1, 0.15) is 5.82 Å². The molecule has 8 heteroatoms. The van der Waals surface area contributed by atoms with E-state index in [1.54, 1.807) is 29.9 Å². The highest BCUT2D eigenvalue weighted by Gasteiger charge is 2.54. The van der Waals surface area contributed by atoms with Gasteiger partial charge < -0.3 is 10.2 Å². The number of aromatic nitrogens is 1. The second-order valence-electron chi connectivity index (χ2n) is 6.26. The fourth-order valence-corrected chi connectivity index (χ4v) is 4.18. The van der Waals surface area contributed by atoms with Gasteiger partial charge in [-0.25, -0.2) is 4.98 Å². The number of nitriles is 1. The van der Waals surface area contributed by atoms with Gasteiger partial charge in [0.25, 0.3) is 0 Å². The van der Waals surface area contributed by atoms with Crippen molar-refractivity contribution in [2.75, 3.05) is 23.0 Å². The smallest absolute Gasteiger partial charge is 0.371 e. The summed E-state index contributed by atoms with van der Waals surface area (Å²) in [7, 11) is 1.62. The Balaban J connectivity index is 2.11. The van der Waals surface area contributed by atoms with Crippen LogP contribution in [0.1, 0.15) is 25.3 Å². The lowest BCUT2D eigenvalue weighted by atomic mass is 9.93. The minimum atomic E-state index is -4.48. The van der Waals surface area contributed by atoms with Gasteiger partial charge in [-0.3, -0.25) is 0 Å². The van der Waals surface area contributed by atoms with Crippen LogP contribution in [0.2, 0.25) is 0 Å². The summed E-state index contributed by atoms with van der Waals surface area (Å²) in [5, 5.41) is 12.6. The Bertz CT molecular complexity index is 791. The van der Waals surface area contributed by atoms with Crippen molar-refractivity contribution in [2.45, 2.75) is 32.0 Å². The van der Waals surface area contributed by atoms with Gasteiger partial charge in [-0.2, -0.15) is 18.4 Å². The number of nitrogens with zero attached hydrogens (tertiary/aromatic N) is 3. The summed E-state index contributed by atoms with van der Waals surface area (Å²) in [6.45, 7) is 2.02. The summed E-state index contributed by atoms with van der Waals surface area (Å²) >= 11 is 1.62. The first-order chi connectivity index (χ1) is 12.4. The number of hydrogen-bond acceptors (Lipinski definition) is 5. The van der Waals surface area contributed by atoms with Crippen LogP contribution in [-0.4, -0.2) is 23.8 Å². The zero-order valence-corrected chi connectivity index (χ0v) is 15.3. The van der Waals surface area contributed by atoms with Crippen molar-refractivity contribution in [1.29, 1.82) is 5.26 Å². The summed E-state index contributed by atoms with van der Waals surface area (Å²) in [4.78, 5) is 6.72. The maximum atomic E-state index is 13.2. The molecule has 0 spiro atoms. The molecule has 0 radical (unpaired) electrons. The van der Waals surface area contributed by atoms with E-state index in [1.165, 1.54) is 0 Å². The molecule has 138 valence electrons. The molecule has 1 aromatic rings. The third-order valence-corrected chi connectivity index (χ3v) is 5.59. The summed E-state index contributed by atoms with van der Waals surface area (Å²) in [5.74, 6) is 1.18. The number of anilines is 2. The molecule has 0 amide bonds. The van der Waals surface area contributed by atoms with E-state index in [4.69, 9.17) is 0 Å². The Hall–Kier alpha value is -2.14. The van der Waals surface area contributed by atoms with Crippen LogP contribution in [0.3, 0.4) is 0 Å². The molecule has 1 unspecified atom stereocenters. The number of nitrogens with one attached hydrogen (secondary N) is 1. The van der Waals surface area contributed by atoms with Gasteiger partial charge in [0, 0.05) is 24.3 Å². The predicted octanol–water partition coefficient (Wildman–Crippen LogP) is 4.79. The van der Waals surface area contributed by atoms with E-state index in [9.17, 15) is 18.4 Å². The van der Waals surface area contributed by atoms with Crippen LogP contribution < -0.4 is 10.2 Å². The summed E-state index contributed by atoms with van der Waals surface area (Å²) in [6.07, 6.45) is 3.32. The highest BCUT2D eigenvalue weighted by atomic mass is 32.2. The zero-order valence-electron chi connectivity index (χ0n) is 14.5. The van der Waals surface area contributed by atoms with Crippen LogP contribution in [0.15, 0.2) is 35.5 Å². The molecule has 1 aromatic heterocycles. The fraction of sp³-hybridized carbons (Fsp3) is 0.444. The molecule has 2 aliphatic rings. The Morgan fingerprint density at radius 3 is 2.73 bits per heavy atom. The first kappa shape index (κ1) is 18.6. The molecular weight excluding hydrogens is 361 g/mol. The molecule has 4 nitrogen and oxygen atoms in total. The summed E-state index contributed by atoms with van der Waals surface area (Å²) in [5.41, 5.74) is -1.05. The molecule has 3 rings (SSSR count). The van der Waals surface area contributed by atoms with Crippen LogP contribution >= 0.6 is 11.8 Å². The Morgan fingerprint density at radius 2 is 2.19 bits per heavy atom. The Morgan fingerprint density at radius 1 is 1.46 bits per heavy atom. The molecule has 26 heavy (non-hydrogen) atoms. The zero-order chi connectivity index (χ0) is 18.9. The number of halogens is 3. The molecule has 1 aliphatic carbocycles. The molecule has 0 saturated heterocycles. The van der Waals surface area contributed by atoms with Crippen molar-refractivity contribution in [2.24, 2.45) is 5.41 Å². The van der Waals surface area contributed by atoms with Crippen LogP contribution in [0.25, 0.3) is 0 Å². The average Bonchev–Trinajstić information content (AvgIpc) is 3.41. The number of allylic oxidation sites excluding steroid dienone is 2. The number of thioether (sulfide) groups is 1. The molecule has 2 heterocycles. The van der Waals surface area contributed by atoms with Gasteiger partial charge in [0.15, 0.2) is 0 Å². The predicted molar refractivity (Wildman–Crippen MR) is 97.7 cm³/mol. The monoisotopic (exact) mass is 380 g/mol. The first-order valence-corrected chi connectivity index (χ1v) is 9.30. The Kier molecular flexibility index (Phi) is 4.93. The van der Waals surface area contributed by atoms with Gasteiger partial charge in [-0.1, -0.05) is 6.92 Å². The molecule has 0 aromatic carbocycles. The molecule has 1 aliphatic heterocycles. The molecular formula is C18H19F3N4S. The Labute approximate surface area is 154 Å². The quantitative estimate of drug-likeness (QED) is 0.796. The first-order valence-electron chi connectivity index (χ1n) is 8.32. The largest absolute Gasteiger partial charge is 0.417 e. The lowest BCUT2D eigenvalue weighted by molar-refractivity contribution is -0.137. The van der Waals surface area contributed by atoms with Crippen molar-refractivity contribution in [3.63, 3.8) is 0 Å². The van der Waals surface area contributed by atoms with Gasteiger partial charge >= 0.3 is 6.18 Å². The van der Waals surface area contributed by atoms with Crippen molar-refractivity contribution in [3.8, 4) is 6.07 Å². The van der Waals surface area contributed by atoms with Crippen LogP contribution in [-0.2, 0) is 6.18 Å². The fourth-order valence-electron chi connectivity index (χ4n) is 3.18. The van der Waals surface area contributed by atoms with Gasteiger partial charge in [0.05, 0.1) is 28.8 Å². The average molecular weight is 380 g/mol. The lowest BCUT2D eigenvalue weighted by Gasteiger charge is -2.38. The number of pyridine rings is 1. The SMILES string of the molecule is CCSC1=CC=CN(c2cc(C(F)(F)F)cnc2NC)C1C1(C#N)CC1. The van der Waals surface area contributed by atoms with Crippen LogP contribution in [0.5, 0.6) is 0 Å². The van der Waals surface area contributed by atoms with E-state index in [-0.39, 0.29) is 6.04 Å². The maximum absolute atomic E-state index is 13.2. The topological polar surface area (TPSA) is 52.0 Å². The minimum Gasteiger partial charge on any atom is -0.371 e. The molecule has 1 N–H and O–H groups in total. The minimum absolute atomic E-state index is 0.306. The van der Waals surface area contributed by atoms with E-state index >= 15 is 0 Å². The molecule has 0 bridgehead atoms. The summed E-state index contributed by atoms with van der Waals surface area (Å²) < 4.78 is 39.6. The van der Waals surface area contributed by atoms with Crippen LogP contribution in [0, 0.1) is 16.7 Å². The second kappa shape index (κ2) is 6.88. The van der Waals surface area contributed by atoms with E-state index in [1.807, 2.05) is 19.1 Å². The van der Waals surface area contributed by atoms with Gasteiger partial charge in [-0.15, -0.1) is 11.8 Å². The number of alkyl halides is 3. The van der Waals surface area contributed by atoms with E-state index in [0.717, 1.165) is 35.8 Å². The third kappa shape index (κ3) is 3.28. The highest BCUT2D eigenvalue weighted by Crippen LogP contribution is 2.55. The summed E-state index contributed by atoms with van der Waals surface area (Å²) in [6, 6.07) is 3.19. The highest BCUT2D eigenvalue weighted by molar-refractivity contribution is 8.03.